The fraction of sp³-hybridized carbons (Fsp3) is 0.471. The summed E-state index contributed by atoms with van der Waals surface area (Å²) in [5, 5.41) is 23.1. The average molecular weight is 1400 g/mol. The number of likely N-dealkylation sites (tertiary alicyclic amines) is 3. The molecule has 5 saturated heterocycles. The molecule has 548 valence electrons. The normalized spacial score (nSPS) is 19.2. The monoisotopic (exact) mass is 1400 g/mol. The molecule has 103 heavy (non-hydrogen) atoms. The lowest BCUT2D eigenvalue weighted by molar-refractivity contribution is -0.147. The summed E-state index contributed by atoms with van der Waals surface area (Å²) in [5.74, 6) is 1.72. The van der Waals surface area contributed by atoms with E-state index in [2.05, 4.69) is 140 Å². The van der Waals surface area contributed by atoms with Gasteiger partial charge in [0, 0.05) is 68.0 Å². The van der Waals surface area contributed by atoms with Crippen molar-refractivity contribution in [2.45, 2.75) is 185 Å². The number of pyridine rings is 2. The largest absolute Gasteiger partial charge is 0.490 e. The molecule has 16 nitrogen and oxygen atoms in total. The number of epoxide rings is 1. The molecule has 4 amide bonds. The first kappa shape index (κ1) is 77.1. The smallest absolute Gasteiger partial charge is 0.243 e. The van der Waals surface area contributed by atoms with Gasteiger partial charge >= 0.3 is 0 Å². The van der Waals surface area contributed by atoms with Crippen molar-refractivity contribution in [1.29, 1.82) is 0 Å². The van der Waals surface area contributed by atoms with E-state index in [1.807, 2.05) is 82.6 Å². The van der Waals surface area contributed by atoms with Crippen LogP contribution in [0.5, 0.6) is 11.5 Å². The van der Waals surface area contributed by atoms with Gasteiger partial charge in [-0.05, 0) is 225 Å². The molecule has 4 unspecified atom stereocenters. The van der Waals surface area contributed by atoms with Gasteiger partial charge in [-0.15, -0.1) is 0 Å². The number of benzene rings is 6. The third-order valence-electron chi connectivity index (χ3n) is 20.8. The van der Waals surface area contributed by atoms with Crippen LogP contribution in [-0.2, 0) is 49.6 Å². The first-order valence-corrected chi connectivity index (χ1v) is 38.2. The third-order valence-corrected chi connectivity index (χ3v) is 20.8. The number of fused-ring (bicyclic) bond motifs is 2. The van der Waals surface area contributed by atoms with Gasteiger partial charge in [0.15, 0.2) is 0 Å². The lowest BCUT2D eigenvalue weighted by Crippen LogP contribution is -2.56. The average Bonchev–Trinajstić information content (AvgIpc) is 1.78. The van der Waals surface area contributed by atoms with E-state index in [1.54, 1.807) is 12.4 Å². The predicted molar refractivity (Wildman–Crippen MR) is 412 cm³/mol. The number of aryl methyl sites for hydroxylation is 4. The number of piperidine rings is 4. The number of aliphatic hydroxyl groups is 1. The molecule has 2 aromatic heterocycles. The van der Waals surface area contributed by atoms with Crippen LogP contribution in [0, 0.1) is 11.8 Å². The Balaban J connectivity index is 0.000000189. The van der Waals surface area contributed by atoms with Gasteiger partial charge in [-0.25, -0.2) is 0 Å². The summed E-state index contributed by atoms with van der Waals surface area (Å²) >= 11 is 0. The van der Waals surface area contributed by atoms with E-state index < -0.39 is 12.1 Å². The summed E-state index contributed by atoms with van der Waals surface area (Å²) in [6.45, 7) is 6.52. The summed E-state index contributed by atoms with van der Waals surface area (Å²) in [5.41, 5.74) is 7.15. The maximum atomic E-state index is 14.1. The van der Waals surface area contributed by atoms with E-state index in [1.165, 1.54) is 22.3 Å². The quantitative estimate of drug-likeness (QED) is 0.0312. The number of hydrogen-bond donors (Lipinski definition) is 4. The van der Waals surface area contributed by atoms with Gasteiger partial charge in [0.25, 0.3) is 0 Å². The molecule has 5 aliphatic heterocycles. The van der Waals surface area contributed by atoms with Gasteiger partial charge in [-0.3, -0.25) is 34.0 Å². The zero-order valence-electron chi connectivity index (χ0n) is 59.8. The highest BCUT2D eigenvalue weighted by molar-refractivity contribution is 5.90. The molecule has 5 aliphatic rings. The highest BCUT2D eigenvalue weighted by Gasteiger charge is 2.39. The van der Waals surface area contributed by atoms with E-state index in [0.29, 0.717) is 45.0 Å². The van der Waals surface area contributed by atoms with E-state index in [0.717, 1.165) is 189 Å². The Morgan fingerprint density at radius 1 is 0.505 bits per heavy atom. The Hall–Kier alpha value is -8.54. The minimum absolute atomic E-state index is 0. The molecular formula is C87H112N8O8. The Morgan fingerprint density at radius 3 is 1.40 bits per heavy atom. The van der Waals surface area contributed by atoms with Crippen molar-refractivity contribution < 1.29 is 38.5 Å². The van der Waals surface area contributed by atoms with Gasteiger partial charge in [0.2, 0.25) is 23.6 Å². The SMILES string of the molecule is C.O=C(NC(CCCc1ccccc1)CCCc1ccccc1)C1CCCCN1C(=O)C1CCCN(C[C@@H](O)COc2cccc3ncccc23)C1.O=C(NC(CCCc1ccccc1)CCCc1ccccc1)C1CCCCN1C(=O)C1CCCNC1.c1cc(OC[C@H]2CO2)c2cccnc2c1. The number of nitrogens with zero attached hydrogens (tertiary/aromatic N) is 5. The number of amides is 4. The fourth-order valence-corrected chi connectivity index (χ4v) is 15.1. The van der Waals surface area contributed by atoms with Crippen molar-refractivity contribution in [3.63, 3.8) is 0 Å². The number of aliphatic hydroxyl groups excluding tert-OH is 1. The molecule has 6 aromatic carbocycles. The van der Waals surface area contributed by atoms with Crippen LogP contribution < -0.4 is 25.4 Å². The number of carbonyl (C=O) groups is 4. The van der Waals surface area contributed by atoms with Gasteiger partial charge in [0.1, 0.15) is 49.0 Å². The van der Waals surface area contributed by atoms with E-state index >= 15 is 0 Å². The van der Waals surface area contributed by atoms with Gasteiger partial charge in [0.05, 0.1) is 29.5 Å². The van der Waals surface area contributed by atoms with Crippen LogP contribution in [0.15, 0.2) is 194 Å². The van der Waals surface area contributed by atoms with Crippen LogP contribution in [0.4, 0.5) is 0 Å². The van der Waals surface area contributed by atoms with Crippen molar-refractivity contribution in [2.75, 3.05) is 65.6 Å². The van der Waals surface area contributed by atoms with Crippen molar-refractivity contribution in [3.8, 4) is 11.5 Å². The molecule has 4 N–H and O–H groups in total. The molecule has 0 saturated carbocycles. The van der Waals surface area contributed by atoms with Crippen LogP contribution >= 0.6 is 0 Å². The number of nitrogens with one attached hydrogen (secondary N) is 3. The van der Waals surface area contributed by atoms with Gasteiger partial charge in [-0.1, -0.05) is 141 Å². The summed E-state index contributed by atoms with van der Waals surface area (Å²) in [6.07, 6.45) is 24.0. The molecule has 0 bridgehead atoms. The zero-order chi connectivity index (χ0) is 70.3. The molecule has 6 atom stereocenters. The molecule has 7 heterocycles. The molecule has 0 radical (unpaired) electrons. The van der Waals surface area contributed by atoms with Crippen molar-refractivity contribution in [2.24, 2.45) is 11.8 Å². The molecule has 13 rings (SSSR count). The summed E-state index contributed by atoms with van der Waals surface area (Å²) < 4.78 is 16.8. The minimum Gasteiger partial charge on any atom is -0.490 e. The molecule has 0 aliphatic carbocycles. The Morgan fingerprint density at radius 2 is 0.951 bits per heavy atom. The molecule has 8 aromatic rings. The second kappa shape index (κ2) is 41.7. The molecule has 0 spiro atoms. The second-order valence-electron chi connectivity index (χ2n) is 28.5. The lowest BCUT2D eigenvalue weighted by atomic mass is 9.92. The number of aromatic nitrogens is 2. The maximum Gasteiger partial charge on any atom is 0.243 e. The number of ether oxygens (including phenoxy) is 3. The van der Waals surface area contributed by atoms with E-state index in [-0.39, 0.29) is 73.7 Å². The highest BCUT2D eigenvalue weighted by Crippen LogP contribution is 2.30. The zero-order valence-corrected chi connectivity index (χ0v) is 59.8. The van der Waals surface area contributed by atoms with Crippen LogP contribution in [0.3, 0.4) is 0 Å². The highest BCUT2D eigenvalue weighted by atomic mass is 16.6. The minimum atomic E-state index is -0.694. The Labute approximate surface area is 612 Å². The summed E-state index contributed by atoms with van der Waals surface area (Å²) in [6, 6.07) is 61.1. The maximum absolute atomic E-state index is 14.1. The van der Waals surface area contributed by atoms with Gasteiger partial charge < -0.3 is 45.1 Å². The topological polar surface area (TPSA) is 191 Å². The first-order chi connectivity index (χ1) is 50.2. The van der Waals surface area contributed by atoms with Crippen molar-refractivity contribution in [1.82, 2.24) is 40.6 Å². The summed E-state index contributed by atoms with van der Waals surface area (Å²) in [7, 11) is 0. The van der Waals surface area contributed by atoms with Crippen LogP contribution in [0.25, 0.3) is 21.8 Å². The van der Waals surface area contributed by atoms with Crippen molar-refractivity contribution >= 4 is 45.4 Å². The lowest BCUT2D eigenvalue weighted by Gasteiger charge is -2.40. The van der Waals surface area contributed by atoms with Crippen LogP contribution in [0.2, 0.25) is 0 Å². The van der Waals surface area contributed by atoms with E-state index in [9.17, 15) is 24.3 Å². The number of carbonyl (C=O) groups excluding carboxylic acids is 4. The van der Waals surface area contributed by atoms with E-state index in [4.69, 9.17) is 14.2 Å². The Bertz CT molecular complexity index is 3700. The van der Waals surface area contributed by atoms with Crippen molar-refractivity contribution in [3.05, 3.63) is 217 Å². The van der Waals surface area contributed by atoms with Crippen LogP contribution in [0.1, 0.15) is 145 Å². The Kier molecular flexibility index (Phi) is 31.2. The fourth-order valence-electron chi connectivity index (χ4n) is 15.1. The van der Waals surface area contributed by atoms with Crippen LogP contribution in [-0.4, -0.2) is 155 Å². The molecule has 16 heteroatoms. The molecular weight excluding hydrogens is 1290 g/mol. The first-order valence-electron chi connectivity index (χ1n) is 38.2. The number of rotatable bonds is 30. The standard InChI is InChI=1S/C43H54N4O4.C31H43N3O2.C12H11NO2.CH4/c48-37(32-51-41-26-11-24-39-38(41)23-12-27-44-39)31-46-28-13-20-35(30-46)43(50)47-29-8-7-25-40(47)42(49)45-36(21-9-18-33-14-3-1-4-15-33)22-10-19-34-16-5-2-6-17-34;35-30(29-21-7-8-23-34(29)31(36)27-18-11-22-32-24-27)33-28(19-9-16-25-12-3-1-4-13-25)20-10-17-26-14-5-2-6-15-26;1-4-11-10(3-2-6-13-11)12(5-1)15-8-9-7-14-9;/h1-6,11-12,14-17,23-24,26-27,35-37,40,48H,7-10,13,18-22,25,28-32H2,(H,45,49);1-6,12-15,27-29,32H,7-11,16-24H2,(H,33,35);1-6,9H,7-8H2;1H4/t35?,37-,40?;;9-;/m1.1./s1. The predicted octanol–water partition coefficient (Wildman–Crippen LogP) is 14.1. The molecule has 5 fully saturated rings. The second-order valence-corrected chi connectivity index (χ2v) is 28.5. The number of β-amino-alcohol motifs (C(OH)–C–C–N with tert-alkyl or cyclic N) is 1. The summed E-state index contributed by atoms with van der Waals surface area (Å²) in [4.78, 5) is 69.6. The van der Waals surface area contributed by atoms with Gasteiger partial charge in [-0.2, -0.15) is 0 Å². The third kappa shape index (κ3) is 24.5. The number of hydrogen-bond acceptors (Lipinski definition) is 12.